The van der Waals surface area contributed by atoms with Gasteiger partial charge in [-0.1, -0.05) is 18.7 Å². The second-order valence-electron chi connectivity index (χ2n) is 6.02. The Hall–Kier alpha value is -3.68. The number of hydrogen-bond donors (Lipinski definition) is 2. The molecule has 0 aliphatic rings. The summed E-state index contributed by atoms with van der Waals surface area (Å²) < 4.78 is 4.87. The first-order chi connectivity index (χ1) is 13.6. The van der Waals surface area contributed by atoms with Gasteiger partial charge in [-0.2, -0.15) is 0 Å². The summed E-state index contributed by atoms with van der Waals surface area (Å²) in [7, 11) is 0. The number of aromatic hydroxyl groups is 1. The molecular formula is C20H20N4O4. The Morgan fingerprint density at radius 1 is 1.14 bits per heavy atom. The van der Waals surface area contributed by atoms with Crippen molar-refractivity contribution in [3.8, 4) is 11.4 Å². The second kappa shape index (κ2) is 8.81. The second-order valence-corrected chi connectivity index (χ2v) is 6.02. The fraction of sp³-hybridized carbons (Fsp3) is 0.200. The van der Waals surface area contributed by atoms with Crippen LogP contribution in [0.3, 0.4) is 0 Å². The number of ether oxygens (including phenoxy) is 1. The van der Waals surface area contributed by atoms with Crippen molar-refractivity contribution in [1.82, 2.24) is 20.3 Å². The number of phenols is 1. The van der Waals surface area contributed by atoms with Crippen LogP contribution in [0.2, 0.25) is 0 Å². The first-order valence-corrected chi connectivity index (χ1v) is 8.81. The van der Waals surface area contributed by atoms with Crippen molar-refractivity contribution in [3.63, 3.8) is 0 Å². The molecule has 1 heterocycles. The number of unbranched alkanes of at least 4 members (excludes halogenated alkanes) is 1. The first kappa shape index (κ1) is 19.1. The van der Waals surface area contributed by atoms with Crippen molar-refractivity contribution in [2.45, 2.75) is 12.8 Å². The van der Waals surface area contributed by atoms with E-state index in [1.807, 2.05) is 24.3 Å². The van der Waals surface area contributed by atoms with Crippen molar-refractivity contribution in [2.24, 2.45) is 0 Å². The lowest BCUT2D eigenvalue weighted by molar-refractivity contribution is -0.137. The van der Waals surface area contributed by atoms with E-state index in [9.17, 15) is 14.7 Å². The molecule has 0 atom stereocenters. The first-order valence-electron chi connectivity index (χ1n) is 8.81. The number of aromatic nitrogens is 3. The Labute approximate surface area is 161 Å². The number of fused-ring (bicyclic) bond motifs is 1. The molecule has 0 fully saturated rings. The maximum atomic E-state index is 12.4. The van der Waals surface area contributed by atoms with Crippen LogP contribution in [0.4, 0.5) is 0 Å². The van der Waals surface area contributed by atoms with Crippen LogP contribution < -0.4 is 5.32 Å². The molecule has 0 spiro atoms. The highest BCUT2D eigenvalue weighted by Crippen LogP contribution is 2.23. The Balaban J connectivity index is 1.61. The molecule has 0 unspecified atom stereocenters. The van der Waals surface area contributed by atoms with Crippen molar-refractivity contribution >= 4 is 22.9 Å². The molecule has 0 radical (unpaired) electrons. The van der Waals surface area contributed by atoms with Gasteiger partial charge >= 0.3 is 5.97 Å². The zero-order valence-corrected chi connectivity index (χ0v) is 15.2. The molecule has 1 amide bonds. The predicted molar refractivity (Wildman–Crippen MR) is 103 cm³/mol. The number of esters is 1. The fourth-order valence-corrected chi connectivity index (χ4v) is 2.56. The van der Waals surface area contributed by atoms with Crippen LogP contribution in [-0.4, -0.2) is 45.1 Å². The molecule has 8 nitrogen and oxygen atoms in total. The van der Waals surface area contributed by atoms with Crippen molar-refractivity contribution in [1.29, 1.82) is 0 Å². The van der Waals surface area contributed by atoms with E-state index < -0.39 is 5.97 Å². The van der Waals surface area contributed by atoms with Crippen LogP contribution in [0.5, 0.6) is 5.75 Å². The van der Waals surface area contributed by atoms with E-state index in [1.54, 1.807) is 0 Å². The van der Waals surface area contributed by atoms with E-state index in [4.69, 9.17) is 4.74 Å². The lowest BCUT2D eigenvalue weighted by Crippen LogP contribution is -2.24. The molecule has 1 aromatic heterocycles. The number of nitrogens with one attached hydrogen (secondary N) is 1. The molecule has 0 saturated heterocycles. The Bertz CT molecular complexity index is 979. The number of hydrogen-bond acceptors (Lipinski definition) is 6. The maximum absolute atomic E-state index is 12.4. The standard InChI is InChI=1S/C20H20N4O4/c1-2-19(26)28-12-6-5-11-21-20(27)14-9-10-18(25)17(13-14)24-22-15-7-3-4-8-16(15)23-24/h2-4,7-10,13,25H,1,5-6,11-12H2,(H,21,27). The van der Waals surface area contributed by atoms with Crippen molar-refractivity contribution < 1.29 is 19.4 Å². The number of nitrogens with zero attached hydrogens (tertiary/aromatic N) is 3. The van der Waals surface area contributed by atoms with Crippen LogP contribution in [0, 0.1) is 0 Å². The van der Waals surface area contributed by atoms with Gasteiger partial charge in [0.1, 0.15) is 22.5 Å². The molecule has 3 rings (SSSR count). The normalized spacial score (nSPS) is 10.6. The highest BCUT2D eigenvalue weighted by Gasteiger charge is 2.13. The van der Waals surface area contributed by atoms with Crippen LogP contribution in [0.15, 0.2) is 55.1 Å². The summed E-state index contributed by atoms with van der Waals surface area (Å²) in [5.74, 6) is -0.762. The minimum absolute atomic E-state index is 0.0270. The van der Waals surface area contributed by atoms with Crippen LogP contribution in [-0.2, 0) is 9.53 Å². The zero-order valence-electron chi connectivity index (χ0n) is 15.2. The summed E-state index contributed by atoms with van der Waals surface area (Å²) in [4.78, 5) is 24.6. The van der Waals surface area contributed by atoms with Crippen molar-refractivity contribution in [2.75, 3.05) is 13.2 Å². The number of carbonyl (C=O) groups excluding carboxylic acids is 2. The van der Waals surface area contributed by atoms with Gasteiger partial charge in [0.15, 0.2) is 0 Å². The number of rotatable bonds is 8. The van der Waals surface area contributed by atoms with Gasteiger partial charge in [-0.25, -0.2) is 4.79 Å². The molecule has 0 bridgehead atoms. The quantitative estimate of drug-likeness (QED) is 0.353. The third-order valence-corrected chi connectivity index (χ3v) is 4.01. The molecule has 144 valence electrons. The lowest BCUT2D eigenvalue weighted by atomic mass is 10.1. The highest BCUT2D eigenvalue weighted by molar-refractivity contribution is 5.95. The van der Waals surface area contributed by atoms with Gasteiger partial charge in [-0.05, 0) is 43.2 Å². The number of benzene rings is 2. The molecule has 2 aromatic carbocycles. The number of amides is 1. The maximum Gasteiger partial charge on any atom is 0.330 e. The van der Waals surface area contributed by atoms with E-state index in [-0.39, 0.29) is 18.3 Å². The summed E-state index contributed by atoms with van der Waals surface area (Å²) in [6.07, 6.45) is 2.40. The minimum atomic E-state index is -0.458. The highest BCUT2D eigenvalue weighted by atomic mass is 16.5. The van der Waals surface area contributed by atoms with E-state index in [2.05, 4.69) is 22.1 Å². The van der Waals surface area contributed by atoms with Gasteiger partial charge in [0.05, 0.1) is 6.61 Å². The Morgan fingerprint density at radius 3 is 2.54 bits per heavy atom. The predicted octanol–water partition coefficient (Wildman–Crippen LogP) is 2.37. The molecule has 0 aliphatic heterocycles. The molecule has 3 aromatic rings. The molecule has 0 saturated carbocycles. The smallest absolute Gasteiger partial charge is 0.330 e. The van der Waals surface area contributed by atoms with E-state index >= 15 is 0 Å². The lowest BCUT2D eigenvalue weighted by Gasteiger charge is -2.08. The zero-order chi connectivity index (χ0) is 19.9. The summed E-state index contributed by atoms with van der Waals surface area (Å²) in [5, 5.41) is 21.6. The molecule has 0 aliphatic carbocycles. The van der Waals surface area contributed by atoms with Crippen molar-refractivity contribution in [3.05, 3.63) is 60.7 Å². The van der Waals surface area contributed by atoms with Gasteiger partial charge in [-0.3, -0.25) is 4.79 Å². The van der Waals surface area contributed by atoms with E-state index in [0.29, 0.717) is 41.7 Å². The van der Waals surface area contributed by atoms with Crippen LogP contribution in [0.1, 0.15) is 23.2 Å². The largest absolute Gasteiger partial charge is 0.506 e. The third kappa shape index (κ3) is 4.53. The topological polar surface area (TPSA) is 106 Å². The Kier molecular flexibility index (Phi) is 6.01. The number of carbonyl (C=O) groups is 2. The van der Waals surface area contributed by atoms with Gasteiger partial charge in [-0.15, -0.1) is 15.0 Å². The van der Waals surface area contributed by atoms with Crippen LogP contribution in [0.25, 0.3) is 16.7 Å². The van der Waals surface area contributed by atoms with Crippen LogP contribution >= 0.6 is 0 Å². The summed E-state index contributed by atoms with van der Waals surface area (Å²) in [6.45, 7) is 4.04. The number of phenolic OH excluding ortho intramolecular Hbond substituents is 1. The summed E-state index contributed by atoms with van der Waals surface area (Å²) in [5.41, 5.74) is 2.08. The molecule has 2 N–H and O–H groups in total. The minimum Gasteiger partial charge on any atom is -0.506 e. The molecule has 28 heavy (non-hydrogen) atoms. The molecular weight excluding hydrogens is 360 g/mol. The SMILES string of the molecule is C=CC(=O)OCCCCNC(=O)c1ccc(O)c(-n2nc3ccccc3n2)c1. The summed E-state index contributed by atoms with van der Waals surface area (Å²) in [6, 6.07) is 11.8. The average molecular weight is 380 g/mol. The van der Waals surface area contributed by atoms with E-state index in [0.717, 1.165) is 6.08 Å². The fourth-order valence-electron chi connectivity index (χ4n) is 2.56. The monoisotopic (exact) mass is 380 g/mol. The average Bonchev–Trinajstić information content (AvgIpc) is 3.14. The van der Waals surface area contributed by atoms with E-state index in [1.165, 1.54) is 23.0 Å². The van der Waals surface area contributed by atoms with Gasteiger partial charge in [0.2, 0.25) is 0 Å². The Morgan fingerprint density at radius 2 is 1.86 bits per heavy atom. The van der Waals surface area contributed by atoms with Gasteiger partial charge in [0.25, 0.3) is 5.91 Å². The third-order valence-electron chi connectivity index (χ3n) is 4.01. The van der Waals surface area contributed by atoms with Gasteiger partial charge < -0.3 is 15.2 Å². The molecule has 8 heteroatoms. The summed E-state index contributed by atoms with van der Waals surface area (Å²) >= 11 is 0. The van der Waals surface area contributed by atoms with Gasteiger partial charge in [0, 0.05) is 18.2 Å².